The minimum Gasteiger partial charge on any atom is -0.378 e. The summed E-state index contributed by atoms with van der Waals surface area (Å²) in [7, 11) is 0. The largest absolute Gasteiger partial charge is 0.378 e. The van der Waals surface area contributed by atoms with Gasteiger partial charge in [0.2, 0.25) is 5.91 Å². The van der Waals surface area contributed by atoms with Gasteiger partial charge in [0.1, 0.15) is 17.4 Å². The van der Waals surface area contributed by atoms with Crippen LogP contribution in [0, 0.1) is 0 Å². The third-order valence-electron chi connectivity index (χ3n) is 5.41. The van der Waals surface area contributed by atoms with Crippen LogP contribution in [0.1, 0.15) is 0 Å². The zero-order valence-corrected chi connectivity index (χ0v) is 18.0. The number of hydrogen-bond donors (Lipinski definition) is 2. The van der Waals surface area contributed by atoms with Gasteiger partial charge in [0.15, 0.2) is 5.13 Å². The Labute approximate surface area is 188 Å². The molecule has 1 unspecified atom stereocenters. The maximum absolute atomic E-state index is 11.7. The van der Waals surface area contributed by atoms with E-state index in [0.717, 1.165) is 26.6 Å². The Morgan fingerprint density at radius 2 is 2.09 bits per heavy atom. The van der Waals surface area contributed by atoms with E-state index in [1.54, 1.807) is 36.3 Å². The zero-order valence-electron chi connectivity index (χ0n) is 17.2. The van der Waals surface area contributed by atoms with Gasteiger partial charge >= 0.3 is 0 Å². The SMILES string of the molecule is NC(=O)C1COCCN1CCn1cnc2cnc(Nc3ncc(-c4ccncc4)s3)cc21. The van der Waals surface area contributed by atoms with Gasteiger partial charge in [0.05, 0.1) is 36.1 Å². The van der Waals surface area contributed by atoms with Crippen LogP contribution in [0.5, 0.6) is 0 Å². The summed E-state index contributed by atoms with van der Waals surface area (Å²) in [5.41, 5.74) is 8.36. The highest BCUT2D eigenvalue weighted by Crippen LogP contribution is 2.30. The Balaban J connectivity index is 1.31. The molecule has 0 bridgehead atoms. The number of amides is 1. The van der Waals surface area contributed by atoms with Crippen molar-refractivity contribution in [1.29, 1.82) is 0 Å². The van der Waals surface area contributed by atoms with Crippen LogP contribution in [-0.4, -0.2) is 67.7 Å². The summed E-state index contributed by atoms with van der Waals surface area (Å²) in [4.78, 5) is 32.2. The summed E-state index contributed by atoms with van der Waals surface area (Å²) in [6, 6.07) is 5.48. The fourth-order valence-corrected chi connectivity index (χ4v) is 4.53. The Morgan fingerprint density at radius 1 is 1.22 bits per heavy atom. The molecule has 4 aromatic heterocycles. The van der Waals surface area contributed by atoms with Gasteiger partial charge in [-0.05, 0) is 17.7 Å². The number of ether oxygens (including phenoxy) is 1. The molecule has 10 nitrogen and oxygen atoms in total. The topological polar surface area (TPSA) is 124 Å². The number of nitrogens with zero attached hydrogens (tertiary/aromatic N) is 6. The summed E-state index contributed by atoms with van der Waals surface area (Å²) in [5.74, 6) is 0.335. The first-order chi connectivity index (χ1) is 15.7. The summed E-state index contributed by atoms with van der Waals surface area (Å²) >= 11 is 1.55. The quantitative estimate of drug-likeness (QED) is 0.437. The first-order valence-electron chi connectivity index (χ1n) is 10.2. The molecule has 1 fully saturated rings. The lowest BCUT2D eigenvalue weighted by Gasteiger charge is -2.33. The second-order valence-electron chi connectivity index (χ2n) is 7.42. The second kappa shape index (κ2) is 8.99. The predicted octanol–water partition coefficient (Wildman–Crippen LogP) is 1.88. The summed E-state index contributed by atoms with van der Waals surface area (Å²) in [6.07, 6.45) is 8.90. The monoisotopic (exact) mass is 450 g/mol. The average molecular weight is 451 g/mol. The molecule has 11 heteroatoms. The van der Waals surface area contributed by atoms with E-state index >= 15 is 0 Å². The van der Waals surface area contributed by atoms with E-state index in [9.17, 15) is 4.79 Å². The minimum atomic E-state index is -0.392. The maximum Gasteiger partial charge on any atom is 0.237 e. The van der Waals surface area contributed by atoms with Crippen LogP contribution >= 0.6 is 11.3 Å². The smallest absolute Gasteiger partial charge is 0.237 e. The van der Waals surface area contributed by atoms with Crippen LogP contribution in [-0.2, 0) is 16.1 Å². The van der Waals surface area contributed by atoms with E-state index in [0.29, 0.717) is 38.7 Å². The number of nitrogens with two attached hydrogens (primary N) is 1. The molecule has 32 heavy (non-hydrogen) atoms. The maximum atomic E-state index is 11.7. The van der Waals surface area contributed by atoms with Gasteiger partial charge in [0, 0.05) is 44.3 Å². The molecule has 1 amide bonds. The van der Waals surface area contributed by atoms with Gasteiger partial charge in [-0.2, -0.15) is 0 Å². The third kappa shape index (κ3) is 4.31. The number of anilines is 2. The molecule has 1 atom stereocenters. The van der Waals surface area contributed by atoms with Crippen LogP contribution in [0.25, 0.3) is 21.5 Å². The van der Waals surface area contributed by atoms with E-state index in [-0.39, 0.29) is 5.91 Å². The number of morpholine rings is 1. The minimum absolute atomic E-state index is 0.341. The molecule has 0 saturated carbocycles. The number of fused-ring (bicyclic) bond motifs is 1. The first kappa shape index (κ1) is 20.5. The van der Waals surface area contributed by atoms with E-state index in [2.05, 4.69) is 34.7 Å². The first-order valence-corrected chi connectivity index (χ1v) is 11.0. The van der Waals surface area contributed by atoms with Gasteiger partial charge in [-0.15, -0.1) is 0 Å². The van der Waals surface area contributed by atoms with E-state index in [1.165, 1.54) is 0 Å². The van der Waals surface area contributed by atoms with Crippen molar-refractivity contribution in [2.45, 2.75) is 12.6 Å². The van der Waals surface area contributed by atoms with Crippen molar-refractivity contribution in [3.8, 4) is 10.4 Å². The van der Waals surface area contributed by atoms with Crippen LogP contribution in [0.4, 0.5) is 10.9 Å². The Bertz CT molecular complexity index is 1230. The highest BCUT2D eigenvalue weighted by Gasteiger charge is 2.27. The molecular weight excluding hydrogens is 428 g/mol. The number of aromatic nitrogens is 5. The van der Waals surface area contributed by atoms with Crippen molar-refractivity contribution in [2.75, 3.05) is 31.6 Å². The highest BCUT2D eigenvalue weighted by atomic mass is 32.1. The lowest BCUT2D eigenvalue weighted by atomic mass is 10.2. The standard InChI is InChI=1S/C21H22N8O2S/c22-20(30)17-12-31-8-7-28(17)5-6-29-13-26-15-10-24-19(9-16(15)29)27-21-25-11-18(32-21)14-1-3-23-4-2-14/h1-4,9-11,13,17H,5-8,12H2,(H2,22,30)(H,24,25,27). The molecule has 1 aliphatic heterocycles. The molecule has 3 N–H and O–H groups in total. The number of thiazole rings is 1. The number of carbonyl (C=O) groups excluding carboxylic acids is 1. The van der Waals surface area contributed by atoms with Gasteiger partial charge in [-0.3, -0.25) is 14.7 Å². The molecule has 0 aromatic carbocycles. The van der Waals surface area contributed by atoms with Crippen LogP contribution < -0.4 is 11.1 Å². The third-order valence-corrected chi connectivity index (χ3v) is 6.37. The normalized spacial score (nSPS) is 16.9. The molecule has 0 aliphatic carbocycles. The van der Waals surface area contributed by atoms with Gasteiger partial charge in [-0.1, -0.05) is 11.3 Å². The van der Waals surface area contributed by atoms with Gasteiger partial charge < -0.3 is 20.4 Å². The number of primary amides is 1. The lowest BCUT2D eigenvalue weighted by molar-refractivity contribution is -0.129. The average Bonchev–Trinajstić information content (AvgIpc) is 3.45. The number of rotatable bonds is 7. The van der Waals surface area contributed by atoms with Crippen molar-refractivity contribution >= 4 is 39.2 Å². The molecule has 5 rings (SSSR count). The lowest BCUT2D eigenvalue weighted by Crippen LogP contribution is -2.53. The molecule has 0 radical (unpaired) electrons. The predicted molar refractivity (Wildman–Crippen MR) is 122 cm³/mol. The molecule has 4 aromatic rings. The zero-order chi connectivity index (χ0) is 21.9. The molecule has 1 saturated heterocycles. The van der Waals surface area contributed by atoms with Crippen LogP contribution in [0.3, 0.4) is 0 Å². The second-order valence-corrected chi connectivity index (χ2v) is 8.45. The van der Waals surface area contributed by atoms with Crippen molar-refractivity contribution in [3.05, 3.63) is 49.3 Å². The van der Waals surface area contributed by atoms with Crippen LogP contribution in [0.15, 0.2) is 49.3 Å². The number of imidazole rings is 1. The Hall–Kier alpha value is -3.41. The number of pyridine rings is 2. The van der Waals surface area contributed by atoms with Gasteiger partial charge in [-0.25, -0.2) is 15.0 Å². The number of carbonyl (C=O) groups is 1. The highest BCUT2D eigenvalue weighted by molar-refractivity contribution is 7.18. The van der Waals surface area contributed by atoms with Gasteiger partial charge in [0.25, 0.3) is 0 Å². The summed E-state index contributed by atoms with van der Waals surface area (Å²) in [5, 5.41) is 4.04. The van der Waals surface area contributed by atoms with E-state index < -0.39 is 6.04 Å². The van der Waals surface area contributed by atoms with Crippen molar-refractivity contribution in [2.24, 2.45) is 5.73 Å². The fourth-order valence-electron chi connectivity index (χ4n) is 3.70. The van der Waals surface area contributed by atoms with Crippen molar-refractivity contribution < 1.29 is 9.53 Å². The van der Waals surface area contributed by atoms with Crippen molar-refractivity contribution in [1.82, 2.24) is 29.4 Å². The molecule has 5 heterocycles. The molecule has 0 spiro atoms. The summed E-state index contributed by atoms with van der Waals surface area (Å²) < 4.78 is 7.45. The number of hydrogen-bond acceptors (Lipinski definition) is 9. The molecule has 1 aliphatic rings. The summed E-state index contributed by atoms with van der Waals surface area (Å²) in [6.45, 7) is 2.97. The Morgan fingerprint density at radius 3 is 2.94 bits per heavy atom. The fraction of sp³-hybridized carbons (Fsp3) is 0.286. The molecule has 164 valence electrons. The van der Waals surface area contributed by atoms with Crippen LogP contribution in [0.2, 0.25) is 0 Å². The Kier molecular flexibility index (Phi) is 5.75. The number of nitrogens with one attached hydrogen (secondary N) is 1. The molecular formula is C21H22N8O2S. The van der Waals surface area contributed by atoms with E-state index in [4.69, 9.17) is 10.5 Å². The van der Waals surface area contributed by atoms with E-state index in [1.807, 2.05) is 24.4 Å². The van der Waals surface area contributed by atoms with Crippen molar-refractivity contribution in [3.63, 3.8) is 0 Å².